The Bertz CT molecular complexity index is 572. The van der Waals surface area contributed by atoms with Gasteiger partial charge in [-0.25, -0.2) is 13.2 Å². The number of nitrogens with one attached hydrogen (secondary N) is 1. The number of nitrogens with zero attached hydrogens (tertiary/aromatic N) is 2. The third-order valence-electron chi connectivity index (χ3n) is 3.41. The van der Waals surface area contributed by atoms with Crippen LogP contribution in [0, 0.1) is 17.5 Å². The summed E-state index contributed by atoms with van der Waals surface area (Å²) < 4.78 is 40.0. The molecule has 2 amide bonds. The Morgan fingerprint density at radius 3 is 2.22 bits per heavy atom. The van der Waals surface area contributed by atoms with Gasteiger partial charge in [0.15, 0.2) is 0 Å². The van der Waals surface area contributed by atoms with Crippen LogP contribution in [0.25, 0.3) is 0 Å². The molecule has 23 heavy (non-hydrogen) atoms. The van der Waals surface area contributed by atoms with E-state index in [0.717, 1.165) is 4.90 Å². The summed E-state index contributed by atoms with van der Waals surface area (Å²) >= 11 is 0. The van der Waals surface area contributed by atoms with Gasteiger partial charge in [-0.2, -0.15) is 0 Å². The SMILES string of the molecule is CN(CC(=O)N1CCNCC1)C(=O)c1c(F)cc(F)cc1F.Cl. The zero-order valence-corrected chi connectivity index (χ0v) is 13.3. The van der Waals surface area contributed by atoms with E-state index in [9.17, 15) is 22.8 Å². The van der Waals surface area contributed by atoms with Gasteiger partial charge in [0.25, 0.3) is 5.91 Å². The van der Waals surface area contributed by atoms with Gasteiger partial charge in [-0.15, -0.1) is 12.4 Å². The number of carbonyl (C=O) groups is 2. The zero-order chi connectivity index (χ0) is 16.3. The predicted molar refractivity (Wildman–Crippen MR) is 80.0 cm³/mol. The van der Waals surface area contributed by atoms with E-state index in [2.05, 4.69) is 5.32 Å². The first-order valence-electron chi connectivity index (χ1n) is 6.78. The van der Waals surface area contributed by atoms with Crippen molar-refractivity contribution in [3.63, 3.8) is 0 Å². The van der Waals surface area contributed by atoms with Crippen molar-refractivity contribution in [1.82, 2.24) is 15.1 Å². The Kier molecular flexibility index (Phi) is 6.83. The monoisotopic (exact) mass is 351 g/mol. The van der Waals surface area contributed by atoms with Crippen LogP contribution in [0.4, 0.5) is 13.2 Å². The standard InChI is InChI=1S/C14H16F3N3O2.ClH/c1-19(8-12(21)20-4-2-18-3-5-20)14(22)13-10(16)6-9(15)7-11(13)17;/h6-7,18H,2-5,8H2,1H3;1H. The van der Waals surface area contributed by atoms with Crippen LogP contribution in [0.2, 0.25) is 0 Å². The van der Waals surface area contributed by atoms with Gasteiger partial charge in [-0.3, -0.25) is 9.59 Å². The van der Waals surface area contributed by atoms with E-state index in [1.54, 1.807) is 4.90 Å². The summed E-state index contributed by atoms with van der Waals surface area (Å²) in [4.78, 5) is 26.6. The average Bonchev–Trinajstić information content (AvgIpc) is 2.46. The van der Waals surface area contributed by atoms with Crippen molar-refractivity contribution in [2.24, 2.45) is 0 Å². The van der Waals surface area contributed by atoms with Gasteiger partial charge in [0.05, 0.1) is 6.54 Å². The molecule has 5 nitrogen and oxygen atoms in total. The highest BCUT2D eigenvalue weighted by Crippen LogP contribution is 2.16. The molecule has 1 aliphatic rings. The van der Waals surface area contributed by atoms with Crippen molar-refractivity contribution in [1.29, 1.82) is 0 Å². The zero-order valence-electron chi connectivity index (χ0n) is 12.4. The maximum Gasteiger partial charge on any atom is 0.260 e. The number of halogens is 4. The molecule has 1 aliphatic heterocycles. The fourth-order valence-electron chi connectivity index (χ4n) is 2.23. The molecule has 1 fully saturated rings. The minimum atomic E-state index is -1.29. The van der Waals surface area contributed by atoms with Crippen molar-refractivity contribution in [2.45, 2.75) is 0 Å². The molecular formula is C14H17ClF3N3O2. The lowest BCUT2D eigenvalue weighted by Gasteiger charge is -2.29. The fourth-order valence-corrected chi connectivity index (χ4v) is 2.23. The lowest BCUT2D eigenvalue weighted by Crippen LogP contribution is -2.49. The molecule has 2 rings (SSSR count). The predicted octanol–water partition coefficient (Wildman–Crippen LogP) is 1.03. The number of benzene rings is 1. The molecule has 0 aliphatic carbocycles. The third-order valence-corrected chi connectivity index (χ3v) is 3.41. The smallest absolute Gasteiger partial charge is 0.260 e. The van der Waals surface area contributed by atoms with Gasteiger partial charge in [-0.1, -0.05) is 0 Å². The van der Waals surface area contributed by atoms with Crippen LogP contribution >= 0.6 is 12.4 Å². The van der Waals surface area contributed by atoms with E-state index in [1.807, 2.05) is 0 Å². The van der Waals surface area contributed by atoms with E-state index in [-0.39, 0.29) is 24.9 Å². The maximum absolute atomic E-state index is 13.6. The van der Waals surface area contributed by atoms with Crippen LogP contribution in [0.1, 0.15) is 10.4 Å². The molecule has 0 atom stereocenters. The summed E-state index contributed by atoms with van der Waals surface area (Å²) in [5.74, 6) is -4.99. The molecular weight excluding hydrogens is 335 g/mol. The quantitative estimate of drug-likeness (QED) is 0.885. The molecule has 0 unspecified atom stereocenters. The Labute approximate surface area is 137 Å². The highest BCUT2D eigenvalue weighted by molar-refractivity contribution is 5.96. The molecule has 9 heteroatoms. The molecule has 128 valence electrons. The largest absolute Gasteiger partial charge is 0.339 e. The number of amides is 2. The van der Waals surface area contributed by atoms with Crippen LogP contribution in [0.5, 0.6) is 0 Å². The minimum absolute atomic E-state index is 0. The lowest BCUT2D eigenvalue weighted by molar-refractivity contribution is -0.132. The highest BCUT2D eigenvalue weighted by Gasteiger charge is 2.25. The van der Waals surface area contributed by atoms with Crippen molar-refractivity contribution in [3.05, 3.63) is 35.1 Å². The van der Waals surface area contributed by atoms with Crippen molar-refractivity contribution in [3.8, 4) is 0 Å². The number of hydrogen-bond acceptors (Lipinski definition) is 3. The molecule has 1 N–H and O–H groups in total. The summed E-state index contributed by atoms with van der Waals surface area (Å²) in [6.45, 7) is 2.05. The van der Waals surface area contributed by atoms with Crippen LogP contribution in [-0.4, -0.2) is 61.4 Å². The minimum Gasteiger partial charge on any atom is -0.339 e. The molecule has 0 aromatic heterocycles. The van der Waals surface area contributed by atoms with Crippen LogP contribution in [0.15, 0.2) is 12.1 Å². The Balaban J connectivity index is 0.00000264. The Morgan fingerprint density at radius 2 is 1.70 bits per heavy atom. The number of hydrogen-bond donors (Lipinski definition) is 1. The summed E-state index contributed by atoms with van der Waals surface area (Å²) in [5, 5.41) is 3.08. The van der Waals surface area contributed by atoms with Gasteiger partial charge in [-0.05, 0) is 0 Å². The first kappa shape index (κ1) is 19.2. The molecule has 1 aromatic carbocycles. The number of piperazine rings is 1. The summed E-state index contributed by atoms with van der Waals surface area (Å²) in [6.07, 6.45) is 0. The van der Waals surface area contributed by atoms with Crippen molar-refractivity contribution < 1.29 is 22.8 Å². The van der Waals surface area contributed by atoms with Gasteiger partial charge in [0, 0.05) is 45.4 Å². The molecule has 0 saturated carbocycles. The molecule has 0 spiro atoms. The van der Waals surface area contributed by atoms with Gasteiger partial charge < -0.3 is 15.1 Å². The lowest BCUT2D eigenvalue weighted by atomic mass is 10.1. The molecule has 1 heterocycles. The normalized spacial score (nSPS) is 14.2. The maximum atomic E-state index is 13.6. The number of rotatable bonds is 3. The molecule has 1 saturated heterocycles. The average molecular weight is 352 g/mol. The first-order valence-corrected chi connectivity index (χ1v) is 6.78. The van der Waals surface area contributed by atoms with Gasteiger partial charge >= 0.3 is 0 Å². The first-order chi connectivity index (χ1) is 10.4. The topological polar surface area (TPSA) is 52.7 Å². The van der Waals surface area contributed by atoms with E-state index in [0.29, 0.717) is 38.3 Å². The van der Waals surface area contributed by atoms with E-state index >= 15 is 0 Å². The van der Waals surface area contributed by atoms with Gasteiger partial charge in [0.2, 0.25) is 5.91 Å². The van der Waals surface area contributed by atoms with Crippen molar-refractivity contribution >= 4 is 24.2 Å². The highest BCUT2D eigenvalue weighted by atomic mass is 35.5. The Morgan fingerprint density at radius 1 is 1.17 bits per heavy atom. The van der Waals surface area contributed by atoms with E-state index in [1.165, 1.54) is 7.05 Å². The van der Waals surface area contributed by atoms with Gasteiger partial charge in [0.1, 0.15) is 23.0 Å². The Hall–Kier alpha value is -1.80. The second-order valence-electron chi connectivity index (χ2n) is 5.04. The van der Waals surface area contributed by atoms with E-state index < -0.39 is 28.9 Å². The van der Waals surface area contributed by atoms with Crippen LogP contribution in [-0.2, 0) is 4.79 Å². The van der Waals surface area contributed by atoms with Crippen molar-refractivity contribution in [2.75, 3.05) is 39.8 Å². The molecule has 0 bridgehead atoms. The van der Waals surface area contributed by atoms with E-state index in [4.69, 9.17) is 0 Å². The summed E-state index contributed by atoms with van der Waals surface area (Å²) in [7, 11) is 1.27. The molecule has 1 aromatic rings. The molecule has 0 radical (unpaired) electrons. The number of carbonyl (C=O) groups excluding carboxylic acids is 2. The summed E-state index contributed by atoms with van der Waals surface area (Å²) in [5.41, 5.74) is -0.864. The van der Waals surface area contributed by atoms with Crippen LogP contribution < -0.4 is 5.32 Å². The summed E-state index contributed by atoms with van der Waals surface area (Å²) in [6, 6.07) is 0.866. The second-order valence-corrected chi connectivity index (χ2v) is 5.04. The fraction of sp³-hybridized carbons (Fsp3) is 0.429. The number of likely N-dealkylation sites (N-methyl/N-ethyl adjacent to an activating group) is 1. The third kappa shape index (κ3) is 4.59. The van der Waals surface area contributed by atoms with Crippen LogP contribution in [0.3, 0.4) is 0 Å². The second kappa shape index (κ2) is 8.16.